The van der Waals surface area contributed by atoms with Crippen molar-refractivity contribution in [3.63, 3.8) is 0 Å². The number of non-ortho nitro benzene ring substituents is 1. The second-order valence-electron chi connectivity index (χ2n) is 5.15. The van der Waals surface area contributed by atoms with Crippen LogP contribution in [0.2, 0.25) is 5.02 Å². The van der Waals surface area contributed by atoms with Crippen molar-refractivity contribution in [3.8, 4) is 0 Å². The zero-order chi connectivity index (χ0) is 15.6. The third-order valence-electron chi connectivity index (χ3n) is 3.42. The summed E-state index contributed by atoms with van der Waals surface area (Å²) in [5.74, 6) is 0. The van der Waals surface area contributed by atoms with Crippen LogP contribution in [0.25, 0.3) is 0 Å². The first-order chi connectivity index (χ1) is 9.88. The molecule has 5 heteroatoms. The topological polar surface area (TPSA) is 55.2 Å². The molecular weight excluding hydrogens is 288 g/mol. The Morgan fingerprint density at radius 2 is 1.90 bits per heavy atom. The Labute approximate surface area is 128 Å². The highest BCUT2D eigenvalue weighted by molar-refractivity contribution is 6.33. The van der Waals surface area contributed by atoms with Gasteiger partial charge in [0.15, 0.2) is 0 Å². The van der Waals surface area contributed by atoms with Crippen LogP contribution in [-0.2, 0) is 0 Å². The van der Waals surface area contributed by atoms with Gasteiger partial charge in [0.25, 0.3) is 5.69 Å². The molecule has 2 aromatic carbocycles. The summed E-state index contributed by atoms with van der Waals surface area (Å²) in [6, 6.07) is 10.6. The molecule has 0 aliphatic rings. The first kappa shape index (κ1) is 15.3. The summed E-state index contributed by atoms with van der Waals surface area (Å²) in [7, 11) is 0. The van der Waals surface area contributed by atoms with Crippen molar-refractivity contribution in [1.29, 1.82) is 0 Å². The Morgan fingerprint density at radius 3 is 2.52 bits per heavy atom. The molecule has 21 heavy (non-hydrogen) atoms. The number of nitrogens with one attached hydrogen (secondary N) is 1. The van der Waals surface area contributed by atoms with Crippen molar-refractivity contribution in [2.24, 2.45) is 0 Å². The van der Waals surface area contributed by atoms with Crippen LogP contribution in [-0.4, -0.2) is 4.92 Å². The number of nitrogens with zero attached hydrogens (tertiary/aromatic N) is 1. The van der Waals surface area contributed by atoms with E-state index in [2.05, 4.69) is 30.4 Å². The molecule has 2 aromatic rings. The summed E-state index contributed by atoms with van der Waals surface area (Å²) >= 11 is 6.11. The number of aryl methyl sites for hydroxylation is 2. The summed E-state index contributed by atoms with van der Waals surface area (Å²) in [5.41, 5.74) is 4.12. The molecule has 1 unspecified atom stereocenters. The number of nitro groups is 1. The van der Waals surface area contributed by atoms with Gasteiger partial charge in [0.05, 0.1) is 15.6 Å². The van der Waals surface area contributed by atoms with E-state index in [9.17, 15) is 10.1 Å². The first-order valence-electron chi connectivity index (χ1n) is 6.66. The van der Waals surface area contributed by atoms with Gasteiger partial charge in [0.1, 0.15) is 0 Å². The molecule has 1 N–H and O–H groups in total. The maximum absolute atomic E-state index is 10.8. The van der Waals surface area contributed by atoms with E-state index in [0.717, 1.165) is 5.56 Å². The average molecular weight is 305 g/mol. The highest BCUT2D eigenvalue weighted by Gasteiger charge is 2.13. The summed E-state index contributed by atoms with van der Waals surface area (Å²) in [6.45, 7) is 6.11. The van der Waals surface area contributed by atoms with Gasteiger partial charge in [-0.2, -0.15) is 0 Å². The van der Waals surface area contributed by atoms with Gasteiger partial charge in [-0.05, 0) is 38.0 Å². The predicted molar refractivity (Wildman–Crippen MR) is 86.1 cm³/mol. The maximum Gasteiger partial charge on any atom is 0.271 e. The van der Waals surface area contributed by atoms with Crippen LogP contribution in [0.1, 0.15) is 29.7 Å². The van der Waals surface area contributed by atoms with Crippen molar-refractivity contribution in [2.45, 2.75) is 26.8 Å². The fraction of sp³-hybridized carbons (Fsp3) is 0.250. The minimum absolute atomic E-state index is 0.00473. The van der Waals surface area contributed by atoms with Gasteiger partial charge in [0.2, 0.25) is 0 Å². The third-order valence-corrected chi connectivity index (χ3v) is 3.75. The van der Waals surface area contributed by atoms with Gasteiger partial charge in [0, 0.05) is 18.2 Å². The fourth-order valence-corrected chi connectivity index (χ4v) is 2.53. The van der Waals surface area contributed by atoms with Gasteiger partial charge in [-0.1, -0.05) is 35.4 Å². The minimum Gasteiger partial charge on any atom is -0.377 e. The number of anilines is 1. The molecule has 0 saturated heterocycles. The molecule has 0 amide bonds. The number of nitro benzene ring substituents is 1. The van der Waals surface area contributed by atoms with E-state index < -0.39 is 4.92 Å². The van der Waals surface area contributed by atoms with Crippen LogP contribution in [0, 0.1) is 24.0 Å². The van der Waals surface area contributed by atoms with E-state index in [0.29, 0.717) is 10.7 Å². The highest BCUT2D eigenvalue weighted by atomic mass is 35.5. The van der Waals surface area contributed by atoms with Crippen molar-refractivity contribution in [3.05, 3.63) is 68.2 Å². The van der Waals surface area contributed by atoms with Crippen molar-refractivity contribution >= 4 is 23.0 Å². The predicted octanol–water partition coefficient (Wildman–Crippen LogP) is 5.04. The average Bonchev–Trinajstić information content (AvgIpc) is 2.40. The summed E-state index contributed by atoms with van der Waals surface area (Å²) in [5, 5.41) is 14.6. The number of halogens is 1. The number of hydrogen-bond acceptors (Lipinski definition) is 3. The second-order valence-corrected chi connectivity index (χ2v) is 5.55. The standard InChI is InChI=1S/C16H17ClN2O2/c1-10-4-6-14(11(2)8-10)12(3)18-16-9-13(19(20)21)5-7-15(16)17/h4-9,12,18H,1-3H3. The van der Waals surface area contributed by atoms with Gasteiger partial charge < -0.3 is 5.32 Å². The molecule has 0 aliphatic heterocycles. The molecule has 2 rings (SSSR count). The van der Waals surface area contributed by atoms with E-state index in [4.69, 9.17) is 11.6 Å². The van der Waals surface area contributed by atoms with Crippen LogP contribution in [0.15, 0.2) is 36.4 Å². The molecule has 1 atom stereocenters. The number of benzene rings is 2. The lowest BCUT2D eigenvalue weighted by atomic mass is 10.00. The van der Waals surface area contributed by atoms with Gasteiger partial charge in [-0.25, -0.2) is 0 Å². The summed E-state index contributed by atoms with van der Waals surface area (Å²) in [6.07, 6.45) is 0. The Bertz CT molecular complexity index is 686. The smallest absolute Gasteiger partial charge is 0.271 e. The summed E-state index contributed by atoms with van der Waals surface area (Å²) < 4.78 is 0. The zero-order valence-electron chi connectivity index (χ0n) is 12.2. The quantitative estimate of drug-likeness (QED) is 0.636. The van der Waals surface area contributed by atoms with Crippen LogP contribution in [0.4, 0.5) is 11.4 Å². The molecule has 0 spiro atoms. The SMILES string of the molecule is Cc1ccc(C(C)Nc2cc([N+](=O)[O-])ccc2Cl)c(C)c1. The lowest BCUT2D eigenvalue weighted by Gasteiger charge is -2.19. The van der Waals surface area contributed by atoms with Crippen LogP contribution < -0.4 is 5.32 Å². The molecule has 4 nitrogen and oxygen atoms in total. The Kier molecular flexibility index (Phi) is 4.48. The van der Waals surface area contributed by atoms with E-state index in [1.165, 1.54) is 29.3 Å². The minimum atomic E-state index is -0.427. The monoisotopic (exact) mass is 304 g/mol. The van der Waals surface area contributed by atoms with Crippen LogP contribution in [0.5, 0.6) is 0 Å². The molecule has 0 bridgehead atoms. The summed E-state index contributed by atoms with van der Waals surface area (Å²) in [4.78, 5) is 10.4. The third kappa shape index (κ3) is 3.52. The van der Waals surface area contributed by atoms with E-state index >= 15 is 0 Å². The molecular formula is C16H17ClN2O2. The molecule has 0 radical (unpaired) electrons. The van der Waals surface area contributed by atoms with Gasteiger partial charge >= 0.3 is 0 Å². The molecule has 0 heterocycles. The molecule has 0 saturated carbocycles. The lowest BCUT2D eigenvalue weighted by Crippen LogP contribution is -2.09. The molecule has 110 valence electrons. The molecule has 0 aromatic heterocycles. The Hall–Kier alpha value is -2.07. The fourth-order valence-electron chi connectivity index (χ4n) is 2.36. The maximum atomic E-state index is 10.8. The largest absolute Gasteiger partial charge is 0.377 e. The first-order valence-corrected chi connectivity index (χ1v) is 7.04. The van der Waals surface area contributed by atoms with E-state index in [1.54, 1.807) is 0 Å². The molecule has 0 fully saturated rings. The van der Waals surface area contributed by atoms with Crippen LogP contribution >= 0.6 is 11.6 Å². The van der Waals surface area contributed by atoms with Crippen molar-refractivity contribution in [2.75, 3.05) is 5.32 Å². The molecule has 0 aliphatic carbocycles. The van der Waals surface area contributed by atoms with Gasteiger partial charge in [-0.3, -0.25) is 10.1 Å². The Morgan fingerprint density at radius 1 is 1.19 bits per heavy atom. The van der Waals surface area contributed by atoms with Crippen molar-refractivity contribution in [1.82, 2.24) is 0 Å². The highest BCUT2D eigenvalue weighted by Crippen LogP contribution is 2.30. The lowest BCUT2D eigenvalue weighted by molar-refractivity contribution is -0.384. The van der Waals surface area contributed by atoms with E-state index in [1.807, 2.05) is 13.8 Å². The normalized spacial score (nSPS) is 12.0. The Balaban J connectivity index is 2.28. The zero-order valence-corrected chi connectivity index (χ0v) is 12.9. The second kappa shape index (κ2) is 6.14. The van der Waals surface area contributed by atoms with Gasteiger partial charge in [-0.15, -0.1) is 0 Å². The van der Waals surface area contributed by atoms with E-state index in [-0.39, 0.29) is 11.7 Å². The number of hydrogen-bond donors (Lipinski definition) is 1. The van der Waals surface area contributed by atoms with Crippen LogP contribution in [0.3, 0.4) is 0 Å². The number of rotatable bonds is 4. The van der Waals surface area contributed by atoms with Crippen molar-refractivity contribution < 1.29 is 4.92 Å².